The summed E-state index contributed by atoms with van der Waals surface area (Å²) in [5.74, 6) is -2.52. The fourth-order valence-corrected chi connectivity index (χ4v) is 1.74. The minimum atomic E-state index is -0.950. The number of carboxylic acid groups (broad SMARTS) is 2. The highest BCUT2D eigenvalue weighted by Crippen LogP contribution is 2.18. The molecule has 1 unspecified atom stereocenters. The second-order valence-electron chi connectivity index (χ2n) is 4.49. The van der Waals surface area contributed by atoms with Crippen molar-refractivity contribution < 1.29 is 19.8 Å². The molecule has 6 heteroatoms. The molecule has 0 radical (unpaired) electrons. The highest BCUT2D eigenvalue weighted by Gasteiger charge is 2.17. The number of aliphatic carboxylic acids is 2. The van der Waals surface area contributed by atoms with Gasteiger partial charge in [0, 0.05) is 18.8 Å². The van der Waals surface area contributed by atoms with E-state index in [0.29, 0.717) is 11.3 Å². The Hall–Kier alpha value is -2.55. The maximum absolute atomic E-state index is 10.9. The van der Waals surface area contributed by atoms with Crippen LogP contribution in [0.2, 0.25) is 0 Å². The van der Waals surface area contributed by atoms with Crippen molar-refractivity contribution in [2.24, 2.45) is 5.92 Å². The summed E-state index contributed by atoms with van der Waals surface area (Å²) in [7, 11) is 0. The summed E-state index contributed by atoms with van der Waals surface area (Å²) in [5.41, 5.74) is 1.10. The van der Waals surface area contributed by atoms with Gasteiger partial charge in [0.15, 0.2) is 0 Å². The molecule has 1 atom stereocenters. The molecule has 6 nitrogen and oxygen atoms in total. The van der Waals surface area contributed by atoms with Crippen molar-refractivity contribution in [3.05, 3.63) is 29.8 Å². The van der Waals surface area contributed by atoms with Crippen molar-refractivity contribution in [2.45, 2.75) is 13.3 Å². The summed E-state index contributed by atoms with van der Waals surface area (Å²) in [6.45, 7) is 1.95. The lowest BCUT2D eigenvalue weighted by molar-refractivity contribution is -0.140. The first kappa shape index (κ1) is 15.5. The first-order valence-electron chi connectivity index (χ1n) is 6.13. The maximum atomic E-state index is 10.9. The van der Waals surface area contributed by atoms with Crippen molar-refractivity contribution in [2.75, 3.05) is 18.0 Å². The SMILES string of the molecule is CC(CN(CCC(=O)O)c1cccc(C#N)c1)C(=O)O. The lowest BCUT2D eigenvalue weighted by Crippen LogP contribution is -2.33. The van der Waals surface area contributed by atoms with Crippen molar-refractivity contribution in [3.8, 4) is 6.07 Å². The fourth-order valence-electron chi connectivity index (χ4n) is 1.74. The maximum Gasteiger partial charge on any atom is 0.308 e. The van der Waals surface area contributed by atoms with Crippen LogP contribution in [0.15, 0.2) is 24.3 Å². The van der Waals surface area contributed by atoms with Crippen LogP contribution in [-0.2, 0) is 9.59 Å². The number of hydrogen-bond acceptors (Lipinski definition) is 4. The molecule has 20 heavy (non-hydrogen) atoms. The van der Waals surface area contributed by atoms with Crippen LogP contribution in [0.5, 0.6) is 0 Å². The van der Waals surface area contributed by atoms with E-state index < -0.39 is 17.9 Å². The van der Waals surface area contributed by atoms with Crippen LogP contribution < -0.4 is 4.90 Å². The molecular formula is C14H16N2O4. The van der Waals surface area contributed by atoms with Gasteiger partial charge in [0.2, 0.25) is 0 Å². The number of carboxylic acids is 2. The highest BCUT2D eigenvalue weighted by molar-refractivity contribution is 5.71. The van der Waals surface area contributed by atoms with Crippen molar-refractivity contribution in [1.82, 2.24) is 0 Å². The van der Waals surface area contributed by atoms with E-state index in [4.69, 9.17) is 15.5 Å². The predicted molar refractivity (Wildman–Crippen MR) is 72.4 cm³/mol. The van der Waals surface area contributed by atoms with E-state index in [1.165, 1.54) is 0 Å². The molecular weight excluding hydrogens is 260 g/mol. The van der Waals surface area contributed by atoms with Crippen molar-refractivity contribution >= 4 is 17.6 Å². The molecule has 0 amide bonds. The second-order valence-corrected chi connectivity index (χ2v) is 4.49. The molecule has 106 valence electrons. The van der Waals surface area contributed by atoms with Crippen LogP contribution in [0.3, 0.4) is 0 Å². The largest absolute Gasteiger partial charge is 0.481 e. The van der Waals surface area contributed by atoms with Gasteiger partial charge in [0.05, 0.1) is 24.0 Å². The zero-order valence-electron chi connectivity index (χ0n) is 11.1. The monoisotopic (exact) mass is 276 g/mol. The van der Waals surface area contributed by atoms with Gasteiger partial charge in [-0.1, -0.05) is 13.0 Å². The first-order valence-corrected chi connectivity index (χ1v) is 6.13. The Labute approximate surface area is 116 Å². The summed E-state index contributed by atoms with van der Waals surface area (Å²) in [4.78, 5) is 23.3. The standard InChI is InChI=1S/C14H16N2O4/c1-10(14(19)20)9-16(6-5-13(17)18)12-4-2-3-11(7-12)8-15/h2-4,7,10H,5-6,9H2,1H3,(H,17,18)(H,19,20). The van der Waals surface area contributed by atoms with Crippen molar-refractivity contribution in [1.29, 1.82) is 5.26 Å². The number of carbonyl (C=O) groups is 2. The van der Waals surface area contributed by atoms with Gasteiger partial charge in [-0.3, -0.25) is 9.59 Å². The van der Waals surface area contributed by atoms with Crippen LogP contribution >= 0.6 is 0 Å². The lowest BCUT2D eigenvalue weighted by Gasteiger charge is -2.26. The molecule has 0 fully saturated rings. The zero-order chi connectivity index (χ0) is 15.1. The van der Waals surface area contributed by atoms with E-state index in [2.05, 4.69) is 0 Å². The van der Waals surface area contributed by atoms with Gasteiger partial charge < -0.3 is 15.1 Å². The highest BCUT2D eigenvalue weighted by atomic mass is 16.4. The number of anilines is 1. The van der Waals surface area contributed by atoms with Gasteiger partial charge in [0.1, 0.15) is 0 Å². The molecule has 0 aliphatic carbocycles. The molecule has 0 saturated carbocycles. The number of nitriles is 1. The minimum Gasteiger partial charge on any atom is -0.481 e. The molecule has 0 aliphatic rings. The summed E-state index contributed by atoms with van der Waals surface area (Å²) < 4.78 is 0. The first-order chi connectivity index (χ1) is 9.43. The van der Waals surface area contributed by atoms with Gasteiger partial charge in [0.25, 0.3) is 0 Å². The molecule has 1 aromatic rings. The topological polar surface area (TPSA) is 102 Å². The van der Waals surface area contributed by atoms with Crippen LogP contribution in [0.4, 0.5) is 5.69 Å². The predicted octanol–water partition coefficient (Wildman–Crippen LogP) is 1.56. The van der Waals surface area contributed by atoms with Gasteiger partial charge in [-0.05, 0) is 18.2 Å². The number of nitrogens with zero attached hydrogens (tertiary/aromatic N) is 2. The molecule has 0 aromatic heterocycles. The average molecular weight is 276 g/mol. The Morgan fingerprint density at radius 1 is 1.40 bits per heavy atom. The molecule has 2 N–H and O–H groups in total. The second kappa shape index (κ2) is 7.14. The van der Waals surface area contributed by atoms with E-state index in [9.17, 15) is 9.59 Å². The Bertz CT molecular complexity index is 536. The molecule has 0 bridgehead atoms. The molecule has 0 saturated heterocycles. The van der Waals surface area contributed by atoms with E-state index in [0.717, 1.165) is 0 Å². The van der Waals surface area contributed by atoms with Crippen LogP contribution in [0, 0.1) is 17.2 Å². The van der Waals surface area contributed by atoms with Gasteiger partial charge in [-0.2, -0.15) is 5.26 Å². The zero-order valence-corrected chi connectivity index (χ0v) is 11.1. The molecule has 0 heterocycles. The third-order valence-electron chi connectivity index (χ3n) is 2.85. The minimum absolute atomic E-state index is 0.0941. The third-order valence-corrected chi connectivity index (χ3v) is 2.85. The lowest BCUT2D eigenvalue weighted by atomic mass is 10.1. The van der Waals surface area contributed by atoms with Gasteiger partial charge in [-0.15, -0.1) is 0 Å². The summed E-state index contributed by atoms with van der Waals surface area (Å²) in [6.07, 6.45) is -0.0941. The van der Waals surface area contributed by atoms with Crippen molar-refractivity contribution in [3.63, 3.8) is 0 Å². The quantitative estimate of drug-likeness (QED) is 0.783. The summed E-state index contributed by atoms with van der Waals surface area (Å²) in [5, 5.41) is 26.6. The average Bonchev–Trinajstić information content (AvgIpc) is 2.42. The van der Waals surface area contributed by atoms with Crippen LogP contribution in [0.25, 0.3) is 0 Å². The molecule has 0 spiro atoms. The van der Waals surface area contributed by atoms with Crippen LogP contribution in [0.1, 0.15) is 18.9 Å². The van der Waals surface area contributed by atoms with Gasteiger partial charge in [-0.25, -0.2) is 0 Å². The summed E-state index contributed by atoms with van der Waals surface area (Å²) in [6, 6.07) is 8.68. The van der Waals surface area contributed by atoms with E-state index in [-0.39, 0.29) is 19.5 Å². The van der Waals surface area contributed by atoms with E-state index in [1.807, 2.05) is 6.07 Å². The van der Waals surface area contributed by atoms with Crippen LogP contribution in [-0.4, -0.2) is 35.2 Å². The van der Waals surface area contributed by atoms with Gasteiger partial charge >= 0.3 is 11.9 Å². The Morgan fingerprint density at radius 2 is 2.10 bits per heavy atom. The molecule has 0 aliphatic heterocycles. The molecule has 1 rings (SSSR count). The Kier molecular flexibility index (Phi) is 5.54. The number of rotatable bonds is 7. The number of benzene rings is 1. The van der Waals surface area contributed by atoms with E-state index >= 15 is 0 Å². The smallest absolute Gasteiger partial charge is 0.308 e. The normalized spacial score (nSPS) is 11.4. The van der Waals surface area contributed by atoms with E-state index in [1.54, 1.807) is 36.1 Å². The Morgan fingerprint density at radius 3 is 2.65 bits per heavy atom. The number of hydrogen-bond donors (Lipinski definition) is 2. The fraction of sp³-hybridized carbons (Fsp3) is 0.357. The summed E-state index contributed by atoms with van der Waals surface area (Å²) >= 11 is 0. The Balaban J connectivity index is 2.93. The third kappa shape index (κ3) is 4.61. The molecule has 1 aromatic carbocycles.